The monoisotopic (exact) mass is 363 g/mol. The van der Waals surface area contributed by atoms with Gasteiger partial charge >= 0.3 is 0 Å². The first-order chi connectivity index (χ1) is 13.2. The summed E-state index contributed by atoms with van der Waals surface area (Å²) < 4.78 is 5.54. The number of carbonyl (C=O) groups excluding carboxylic acids is 2. The molecule has 0 bridgehead atoms. The molecule has 0 fully saturated rings. The van der Waals surface area contributed by atoms with Crippen LogP contribution in [0.25, 0.3) is 0 Å². The molecule has 0 radical (unpaired) electrons. The number of hydrogen-bond donors (Lipinski definition) is 1. The third-order valence-corrected chi connectivity index (χ3v) is 4.27. The van der Waals surface area contributed by atoms with E-state index in [1.54, 1.807) is 0 Å². The molecule has 138 valence electrons. The van der Waals surface area contributed by atoms with E-state index in [0.29, 0.717) is 31.6 Å². The molecular weight excluding hydrogens is 342 g/mol. The second-order valence-electron chi connectivity index (χ2n) is 6.39. The highest BCUT2D eigenvalue weighted by molar-refractivity contribution is 5.97. The summed E-state index contributed by atoms with van der Waals surface area (Å²) in [5.41, 5.74) is 3.26. The molecule has 27 heavy (non-hydrogen) atoms. The van der Waals surface area contributed by atoms with Gasteiger partial charge in [0.05, 0.1) is 12.5 Å². The Hall–Kier alpha value is -3.28. The van der Waals surface area contributed by atoms with Crippen LogP contribution in [0.4, 0.5) is 0 Å². The number of aromatic nitrogens is 2. The largest absolute Gasteiger partial charge is 0.418 e. The van der Waals surface area contributed by atoms with E-state index in [1.165, 1.54) is 0 Å². The molecule has 3 aromatic rings. The van der Waals surface area contributed by atoms with Crippen LogP contribution in [0.5, 0.6) is 0 Å². The zero-order chi connectivity index (χ0) is 19.1. The van der Waals surface area contributed by atoms with Crippen LogP contribution in [0.3, 0.4) is 0 Å². The van der Waals surface area contributed by atoms with Crippen molar-refractivity contribution in [3.05, 3.63) is 83.1 Å². The van der Waals surface area contributed by atoms with Crippen LogP contribution < -0.4 is 5.32 Å². The second kappa shape index (κ2) is 8.89. The fraction of sp³-hybridized carbons (Fsp3) is 0.238. The van der Waals surface area contributed by atoms with Crippen molar-refractivity contribution >= 4 is 12.2 Å². The average molecular weight is 363 g/mol. The molecule has 0 aliphatic heterocycles. The van der Waals surface area contributed by atoms with Crippen molar-refractivity contribution in [2.75, 3.05) is 0 Å². The van der Waals surface area contributed by atoms with E-state index < -0.39 is 6.04 Å². The molecule has 6 heteroatoms. The number of benzene rings is 2. The Morgan fingerprint density at radius 2 is 1.89 bits per heavy atom. The van der Waals surface area contributed by atoms with Crippen LogP contribution in [-0.4, -0.2) is 28.4 Å². The first-order valence-electron chi connectivity index (χ1n) is 8.81. The van der Waals surface area contributed by atoms with Crippen LogP contribution in [-0.2, 0) is 17.6 Å². The first kappa shape index (κ1) is 18.5. The zero-order valence-corrected chi connectivity index (χ0v) is 15.1. The number of nitrogens with one attached hydrogen (secondary N) is 1. The lowest BCUT2D eigenvalue weighted by atomic mass is 10.0. The predicted octanol–water partition coefficient (Wildman–Crippen LogP) is 2.90. The van der Waals surface area contributed by atoms with Gasteiger partial charge in [-0.05, 0) is 30.9 Å². The molecule has 6 nitrogen and oxygen atoms in total. The highest BCUT2D eigenvalue weighted by Gasteiger charge is 2.24. The molecule has 1 atom stereocenters. The van der Waals surface area contributed by atoms with Crippen molar-refractivity contribution in [1.29, 1.82) is 0 Å². The SMILES string of the molecule is Cc1cccc(Cc2nnc(C(=O)C(CCc3ccccc3)NC=O)o2)c1. The smallest absolute Gasteiger partial charge is 0.286 e. The quantitative estimate of drug-likeness (QED) is 0.467. The number of amides is 1. The fourth-order valence-corrected chi connectivity index (χ4v) is 2.90. The molecule has 3 rings (SSSR count). The number of nitrogens with zero attached hydrogens (tertiary/aromatic N) is 2. The van der Waals surface area contributed by atoms with Gasteiger partial charge in [0.1, 0.15) is 0 Å². The molecule has 1 unspecified atom stereocenters. The van der Waals surface area contributed by atoms with E-state index in [2.05, 4.69) is 15.5 Å². The van der Waals surface area contributed by atoms with Gasteiger partial charge in [-0.25, -0.2) is 0 Å². The summed E-state index contributed by atoms with van der Waals surface area (Å²) >= 11 is 0. The molecule has 0 saturated carbocycles. The maximum Gasteiger partial charge on any atom is 0.286 e. The Morgan fingerprint density at radius 1 is 1.11 bits per heavy atom. The van der Waals surface area contributed by atoms with E-state index in [-0.39, 0.29) is 11.7 Å². The molecule has 0 aliphatic rings. The van der Waals surface area contributed by atoms with E-state index in [0.717, 1.165) is 16.7 Å². The fourth-order valence-electron chi connectivity index (χ4n) is 2.90. The van der Waals surface area contributed by atoms with Crippen molar-refractivity contribution in [2.45, 2.75) is 32.2 Å². The Balaban J connectivity index is 1.67. The van der Waals surface area contributed by atoms with Gasteiger partial charge in [-0.2, -0.15) is 0 Å². The lowest BCUT2D eigenvalue weighted by molar-refractivity contribution is -0.110. The van der Waals surface area contributed by atoms with Crippen LogP contribution in [0.15, 0.2) is 59.0 Å². The lowest BCUT2D eigenvalue weighted by Gasteiger charge is -2.12. The molecule has 2 aromatic carbocycles. The topological polar surface area (TPSA) is 85.1 Å². The van der Waals surface area contributed by atoms with Gasteiger partial charge in [0.2, 0.25) is 18.1 Å². The van der Waals surface area contributed by atoms with E-state index in [4.69, 9.17) is 4.42 Å². The number of rotatable bonds is 9. The number of carbonyl (C=O) groups is 2. The first-order valence-corrected chi connectivity index (χ1v) is 8.81. The lowest BCUT2D eigenvalue weighted by Crippen LogP contribution is -2.36. The summed E-state index contributed by atoms with van der Waals surface area (Å²) in [5.74, 6) is -0.0806. The Kier molecular flexibility index (Phi) is 6.10. The Bertz CT molecular complexity index is 906. The molecule has 0 aliphatic carbocycles. The van der Waals surface area contributed by atoms with E-state index >= 15 is 0 Å². The van der Waals surface area contributed by atoms with Crippen molar-refractivity contribution < 1.29 is 14.0 Å². The van der Waals surface area contributed by atoms with Crippen LogP contribution in [0.2, 0.25) is 0 Å². The summed E-state index contributed by atoms with van der Waals surface area (Å²) in [7, 11) is 0. The highest BCUT2D eigenvalue weighted by atomic mass is 16.4. The molecule has 1 aromatic heterocycles. The van der Waals surface area contributed by atoms with Crippen LogP contribution in [0, 0.1) is 6.92 Å². The third kappa shape index (κ3) is 5.10. The minimum atomic E-state index is -0.699. The maximum atomic E-state index is 12.7. The van der Waals surface area contributed by atoms with Gasteiger partial charge in [0, 0.05) is 0 Å². The van der Waals surface area contributed by atoms with Gasteiger partial charge in [-0.1, -0.05) is 60.2 Å². The number of Topliss-reactive ketones (excluding diaryl/α,β-unsaturated/α-hetero) is 1. The molecule has 0 saturated heterocycles. The van der Waals surface area contributed by atoms with Gasteiger partial charge in [-0.15, -0.1) is 10.2 Å². The standard InChI is InChI=1S/C21H21N3O3/c1-15-6-5-9-17(12-15)13-19-23-24-21(27-19)20(26)18(22-14-25)11-10-16-7-3-2-4-8-16/h2-9,12,14,18H,10-11,13H2,1H3,(H,22,25). The molecule has 1 N–H and O–H groups in total. The van der Waals surface area contributed by atoms with Gasteiger partial charge < -0.3 is 9.73 Å². The zero-order valence-electron chi connectivity index (χ0n) is 15.1. The van der Waals surface area contributed by atoms with Crippen LogP contribution >= 0.6 is 0 Å². The van der Waals surface area contributed by atoms with Crippen LogP contribution in [0.1, 0.15) is 39.7 Å². The van der Waals surface area contributed by atoms with Crippen molar-refractivity contribution in [1.82, 2.24) is 15.5 Å². The summed E-state index contributed by atoms with van der Waals surface area (Å²) in [6, 6.07) is 17.0. The normalized spacial score (nSPS) is 11.7. The molecule has 1 amide bonds. The summed E-state index contributed by atoms with van der Waals surface area (Å²) in [4.78, 5) is 23.6. The third-order valence-electron chi connectivity index (χ3n) is 4.27. The van der Waals surface area contributed by atoms with E-state index in [9.17, 15) is 9.59 Å². The number of ketones is 1. The molecule has 1 heterocycles. The molecule has 0 spiro atoms. The van der Waals surface area contributed by atoms with Gasteiger partial charge in [0.15, 0.2) is 0 Å². The van der Waals surface area contributed by atoms with E-state index in [1.807, 2.05) is 61.5 Å². The minimum Gasteiger partial charge on any atom is -0.418 e. The maximum absolute atomic E-state index is 12.7. The van der Waals surface area contributed by atoms with Crippen molar-refractivity contribution in [3.8, 4) is 0 Å². The van der Waals surface area contributed by atoms with Gasteiger partial charge in [-0.3, -0.25) is 9.59 Å². The summed E-state index contributed by atoms with van der Waals surface area (Å²) in [6.07, 6.45) is 2.09. The number of hydrogen-bond acceptors (Lipinski definition) is 5. The second-order valence-corrected chi connectivity index (χ2v) is 6.39. The average Bonchev–Trinajstić information content (AvgIpc) is 3.14. The van der Waals surface area contributed by atoms with Gasteiger partial charge in [0.25, 0.3) is 5.89 Å². The Morgan fingerprint density at radius 3 is 2.63 bits per heavy atom. The van der Waals surface area contributed by atoms with Crippen molar-refractivity contribution in [3.63, 3.8) is 0 Å². The highest BCUT2D eigenvalue weighted by Crippen LogP contribution is 2.13. The number of aryl methyl sites for hydroxylation is 2. The Labute approximate surface area is 157 Å². The summed E-state index contributed by atoms with van der Waals surface area (Å²) in [6.45, 7) is 2.01. The molecular formula is C21H21N3O3. The van der Waals surface area contributed by atoms with Crippen molar-refractivity contribution in [2.24, 2.45) is 0 Å². The predicted molar refractivity (Wildman–Crippen MR) is 100 cm³/mol. The minimum absolute atomic E-state index is 0.0786. The summed E-state index contributed by atoms with van der Waals surface area (Å²) in [5, 5.41) is 10.4.